The lowest BCUT2D eigenvalue weighted by atomic mass is 10.1. The molecule has 1 heterocycles. The summed E-state index contributed by atoms with van der Waals surface area (Å²) < 4.78 is 30.8. The molecule has 34 heavy (non-hydrogen) atoms. The summed E-state index contributed by atoms with van der Waals surface area (Å²) in [5, 5.41) is 0. The average molecular weight is 492 g/mol. The molecule has 1 amide bonds. The van der Waals surface area contributed by atoms with Crippen LogP contribution in [0.25, 0.3) is 10.2 Å². The fourth-order valence-electron chi connectivity index (χ4n) is 3.67. The number of rotatable bonds is 6. The topological polar surface area (TPSA) is 80.5 Å². The van der Waals surface area contributed by atoms with Gasteiger partial charge in [0.1, 0.15) is 0 Å². The van der Waals surface area contributed by atoms with E-state index in [1.54, 1.807) is 54.6 Å². The van der Waals surface area contributed by atoms with Crippen molar-refractivity contribution in [2.75, 3.05) is 4.72 Å². The monoisotopic (exact) mass is 491 g/mol. The molecule has 3 aromatic carbocycles. The van der Waals surface area contributed by atoms with Crippen molar-refractivity contribution < 1.29 is 13.2 Å². The summed E-state index contributed by atoms with van der Waals surface area (Å²) in [5.74, 6) is -0.397. The Bertz CT molecular complexity index is 1560. The molecule has 0 saturated heterocycles. The Morgan fingerprint density at radius 3 is 2.35 bits per heavy atom. The molecule has 0 bridgehead atoms. The van der Waals surface area contributed by atoms with Crippen molar-refractivity contribution in [3.8, 4) is 0 Å². The molecule has 0 radical (unpaired) electrons. The second-order valence-corrected chi connectivity index (χ2v) is 10.8. The van der Waals surface area contributed by atoms with Crippen LogP contribution in [0.1, 0.15) is 27.0 Å². The Morgan fingerprint density at radius 1 is 1.03 bits per heavy atom. The van der Waals surface area contributed by atoms with Crippen molar-refractivity contribution in [2.24, 2.45) is 4.99 Å². The number of thiazole rings is 1. The van der Waals surface area contributed by atoms with Gasteiger partial charge < -0.3 is 4.57 Å². The van der Waals surface area contributed by atoms with Crippen LogP contribution < -0.4 is 9.52 Å². The van der Waals surface area contributed by atoms with E-state index in [1.807, 2.05) is 25.3 Å². The molecular weight excluding hydrogens is 466 g/mol. The van der Waals surface area contributed by atoms with Crippen molar-refractivity contribution in [3.05, 3.63) is 100 Å². The quantitative estimate of drug-likeness (QED) is 0.369. The number of carbonyl (C=O) groups is 1. The first-order valence-electron chi connectivity index (χ1n) is 10.7. The van der Waals surface area contributed by atoms with Crippen molar-refractivity contribution in [3.63, 3.8) is 0 Å². The number of nitrogens with zero attached hydrogens (tertiary/aromatic N) is 2. The zero-order chi connectivity index (χ0) is 24.5. The molecule has 8 heteroatoms. The summed E-state index contributed by atoms with van der Waals surface area (Å²) in [6.07, 6.45) is 1.78. The van der Waals surface area contributed by atoms with Crippen LogP contribution in [-0.4, -0.2) is 18.9 Å². The molecule has 0 aliphatic heterocycles. The van der Waals surface area contributed by atoms with Gasteiger partial charge in [0.15, 0.2) is 4.80 Å². The van der Waals surface area contributed by atoms with Crippen LogP contribution in [0, 0.1) is 20.8 Å². The Kier molecular flexibility index (Phi) is 6.54. The highest BCUT2D eigenvalue weighted by Crippen LogP contribution is 2.24. The van der Waals surface area contributed by atoms with E-state index in [0.29, 0.717) is 22.6 Å². The molecule has 1 aromatic heterocycles. The number of benzene rings is 3. The number of anilines is 1. The second-order valence-electron chi connectivity index (χ2n) is 8.13. The van der Waals surface area contributed by atoms with Crippen molar-refractivity contribution in [1.29, 1.82) is 0 Å². The molecule has 1 N–H and O–H groups in total. The third kappa shape index (κ3) is 4.88. The fourth-order valence-corrected chi connectivity index (χ4v) is 5.81. The normalized spacial score (nSPS) is 12.1. The first kappa shape index (κ1) is 23.7. The van der Waals surface area contributed by atoms with E-state index < -0.39 is 15.9 Å². The first-order chi connectivity index (χ1) is 16.2. The third-order valence-electron chi connectivity index (χ3n) is 5.34. The number of allylic oxidation sites excluding steroid dienone is 1. The smallest absolute Gasteiger partial charge is 0.279 e. The predicted molar refractivity (Wildman–Crippen MR) is 138 cm³/mol. The van der Waals surface area contributed by atoms with Gasteiger partial charge >= 0.3 is 0 Å². The standard InChI is InChI=1S/C26H25N3O3S2/c1-5-14-29-23-16-18(3)15-19(4)24(23)33-26(29)27-25(30)20-8-10-21(11-9-20)28-34(31,32)22-12-6-17(2)7-13-22/h5-13,15-16,28H,1,14H2,2-4H3. The molecule has 174 valence electrons. The number of carbonyl (C=O) groups excluding carboxylic acids is 1. The second kappa shape index (κ2) is 9.40. The molecule has 0 saturated carbocycles. The van der Waals surface area contributed by atoms with Gasteiger partial charge in [-0.05, 0) is 74.4 Å². The van der Waals surface area contributed by atoms with Gasteiger partial charge in [0.25, 0.3) is 15.9 Å². The number of fused-ring (bicyclic) bond motifs is 1. The first-order valence-corrected chi connectivity index (χ1v) is 13.0. The molecule has 6 nitrogen and oxygen atoms in total. The van der Waals surface area contributed by atoms with Crippen LogP contribution in [0.5, 0.6) is 0 Å². The van der Waals surface area contributed by atoms with Crippen molar-refractivity contribution in [2.45, 2.75) is 32.2 Å². The number of nitrogens with one attached hydrogen (secondary N) is 1. The Morgan fingerprint density at radius 2 is 1.71 bits per heavy atom. The zero-order valence-electron chi connectivity index (χ0n) is 19.2. The minimum atomic E-state index is -3.72. The number of sulfonamides is 1. The molecule has 0 spiro atoms. The highest BCUT2D eigenvalue weighted by Gasteiger charge is 2.15. The van der Waals surface area contributed by atoms with Gasteiger partial charge in [-0.1, -0.05) is 41.2 Å². The van der Waals surface area contributed by atoms with E-state index in [-0.39, 0.29) is 4.90 Å². The van der Waals surface area contributed by atoms with Gasteiger partial charge in [0.2, 0.25) is 0 Å². The van der Waals surface area contributed by atoms with Crippen LogP contribution >= 0.6 is 11.3 Å². The van der Waals surface area contributed by atoms with E-state index in [0.717, 1.165) is 26.9 Å². The number of hydrogen-bond acceptors (Lipinski definition) is 4. The Labute approximate surface area is 203 Å². The SMILES string of the molecule is C=CCn1c(=NC(=O)c2ccc(NS(=O)(=O)c3ccc(C)cc3)cc2)sc2c(C)cc(C)cc21. The summed E-state index contributed by atoms with van der Waals surface area (Å²) in [6, 6.07) is 17.1. The Balaban J connectivity index is 1.63. The maximum Gasteiger partial charge on any atom is 0.279 e. The minimum Gasteiger partial charge on any atom is -0.312 e. The van der Waals surface area contributed by atoms with Gasteiger partial charge in [0.05, 0.1) is 15.1 Å². The van der Waals surface area contributed by atoms with Crippen LogP contribution in [0.4, 0.5) is 5.69 Å². The highest BCUT2D eigenvalue weighted by molar-refractivity contribution is 7.92. The molecule has 0 atom stereocenters. The highest BCUT2D eigenvalue weighted by atomic mass is 32.2. The fraction of sp³-hybridized carbons (Fsp3) is 0.154. The van der Waals surface area contributed by atoms with Crippen LogP contribution in [-0.2, 0) is 16.6 Å². The summed E-state index contributed by atoms with van der Waals surface area (Å²) in [5.41, 5.74) is 5.01. The lowest BCUT2D eigenvalue weighted by Gasteiger charge is -2.08. The van der Waals surface area contributed by atoms with E-state index in [1.165, 1.54) is 11.3 Å². The maximum atomic E-state index is 12.9. The largest absolute Gasteiger partial charge is 0.312 e. The van der Waals surface area contributed by atoms with Gasteiger partial charge in [-0.3, -0.25) is 9.52 Å². The summed E-state index contributed by atoms with van der Waals surface area (Å²) in [6.45, 7) is 10.3. The molecule has 4 aromatic rings. The molecular formula is C26H25N3O3S2. The van der Waals surface area contributed by atoms with Crippen LogP contribution in [0.3, 0.4) is 0 Å². The third-order valence-corrected chi connectivity index (χ3v) is 7.97. The number of aromatic nitrogens is 1. The lowest BCUT2D eigenvalue weighted by Crippen LogP contribution is -2.16. The van der Waals surface area contributed by atoms with Crippen LogP contribution in [0.15, 0.2) is 83.2 Å². The van der Waals surface area contributed by atoms with Crippen molar-refractivity contribution >= 4 is 43.2 Å². The summed E-state index contributed by atoms with van der Waals surface area (Å²) in [7, 11) is -3.72. The summed E-state index contributed by atoms with van der Waals surface area (Å²) >= 11 is 1.47. The predicted octanol–water partition coefficient (Wildman–Crippen LogP) is 5.36. The van der Waals surface area contributed by atoms with Gasteiger partial charge in [-0.25, -0.2) is 8.42 Å². The maximum absolute atomic E-state index is 12.9. The average Bonchev–Trinajstić information content (AvgIpc) is 3.12. The van der Waals surface area contributed by atoms with E-state index in [9.17, 15) is 13.2 Å². The van der Waals surface area contributed by atoms with E-state index in [4.69, 9.17) is 0 Å². The number of aryl methyl sites for hydroxylation is 3. The minimum absolute atomic E-state index is 0.176. The molecule has 0 fully saturated rings. The van der Waals surface area contributed by atoms with E-state index in [2.05, 4.69) is 28.4 Å². The number of hydrogen-bond donors (Lipinski definition) is 1. The summed E-state index contributed by atoms with van der Waals surface area (Å²) in [4.78, 5) is 18.1. The van der Waals surface area contributed by atoms with Crippen molar-refractivity contribution in [1.82, 2.24) is 4.57 Å². The van der Waals surface area contributed by atoms with Gasteiger partial charge in [-0.15, -0.1) is 6.58 Å². The zero-order valence-corrected chi connectivity index (χ0v) is 20.8. The number of amides is 1. The lowest BCUT2D eigenvalue weighted by molar-refractivity contribution is 0.0998. The molecule has 0 aliphatic carbocycles. The molecule has 0 aliphatic rings. The van der Waals surface area contributed by atoms with Gasteiger partial charge in [0, 0.05) is 17.8 Å². The molecule has 4 rings (SSSR count). The van der Waals surface area contributed by atoms with Gasteiger partial charge in [-0.2, -0.15) is 4.99 Å². The molecule has 0 unspecified atom stereocenters. The van der Waals surface area contributed by atoms with Crippen LogP contribution in [0.2, 0.25) is 0 Å². The van der Waals surface area contributed by atoms with E-state index >= 15 is 0 Å². The Hall–Kier alpha value is -3.49.